The summed E-state index contributed by atoms with van der Waals surface area (Å²) in [4.78, 5) is 51.6. The van der Waals surface area contributed by atoms with Crippen molar-refractivity contribution < 1.29 is 13.6 Å². The summed E-state index contributed by atoms with van der Waals surface area (Å²) in [5.41, 5.74) is 3.04. The smallest absolute Gasteiger partial charge is 0.337 e. The first kappa shape index (κ1) is 31.1. The maximum Gasteiger partial charge on any atom is 0.337 e. The van der Waals surface area contributed by atoms with Gasteiger partial charge in [0.05, 0.1) is 17.3 Å². The molecule has 10 nitrogen and oxygen atoms in total. The molecule has 1 aliphatic rings. The Morgan fingerprint density at radius 3 is 2.52 bits per heavy atom. The monoisotopic (exact) mass is 649 g/mol. The molecule has 0 atom stereocenters. The van der Waals surface area contributed by atoms with Crippen LogP contribution in [-0.4, -0.2) is 54.4 Å². The molecule has 0 unspecified atom stereocenters. The second-order valence-electron chi connectivity index (χ2n) is 12.5. The summed E-state index contributed by atoms with van der Waals surface area (Å²) in [7, 11) is 4.00. The van der Waals surface area contributed by atoms with E-state index < -0.39 is 28.9 Å². The highest BCUT2D eigenvalue weighted by molar-refractivity contribution is 5.93. The zero-order chi connectivity index (χ0) is 33.5. The number of aromatic nitrogens is 5. The van der Waals surface area contributed by atoms with Crippen molar-refractivity contribution in [1.29, 1.82) is 0 Å². The Hall–Kier alpha value is -5.49. The summed E-state index contributed by atoms with van der Waals surface area (Å²) >= 11 is 0. The van der Waals surface area contributed by atoms with Crippen molar-refractivity contribution in [1.82, 2.24) is 33.7 Å². The fraction of sp³-hybridized carbons (Fsp3) is 0.250. The van der Waals surface area contributed by atoms with E-state index in [1.165, 1.54) is 38.1 Å². The fourth-order valence-electron chi connectivity index (χ4n) is 6.64. The van der Waals surface area contributed by atoms with Gasteiger partial charge in [0.25, 0.3) is 11.5 Å². The highest BCUT2D eigenvalue weighted by Gasteiger charge is 2.28. The lowest BCUT2D eigenvalue weighted by atomic mass is 9.90. The number of halogens is 2. The molecule has 0 saturated heterocycles. The van der Waals surface area contributed by atoms with Crippen LogP contribution in [0.4, 0.5) is 8.78 Å². The molecule has 7 rings (SSSR count). The molecule has 1 fully saturated rings. The minimum atomic E-state index is -0.677. The number of carbonyl (C=O) groups excluding carboxylic acids is 1. The van der Waals surface area contributed by atoms with Gasteiger partial charge in [-0.1, -0.05) is 36.4 Å². The Labute approximate surface area is 273 Å². The first-order valence-corrected chi connectivity index (χ1v) is 15.8. The van der Waals surface area contributed by atoms with E-state index in [2.05, 4.69) is 26.3 Å². The molecule has 244 valence electrons. The summed E-state index contributed by atoms with van der Waals surface area (Å²) in [6.45, 7) is 0.719. The van der Waals surface area contributed by atoms with Gasteiger partial charge in [0.2, 0.25) is 0 Å². The number of nitrogens with zero attached hydrogens (tertiary/aromatic N) is 6. The highest BCUT2D eigenvalue weighted by Crippen LogP contribution is 2.29. The third kappa shape index (κ3) is 5.90. The number of nitrogens with one attached hydrogen (secondary N) is 1. The maximum absolute atomic E-state index is 14.5. The Kier molecular flexibility index (Phi) is 8.17. The van der Waals surface area contributed by atoms with E-state index in [-0.39, 0.29) is 28.7 Å². The van der Waals surface area contributed by atoms with Crippen LogP contribution in [0.5, 0.6) is 0 Å². The van der Waals surface area contributed by atoms with Crippen molar-refractivity contribution in [2.45, 2.75) is 44.3 Å². The van der Waals surface area contributed by atoms with Gasteiger partial charge >= 0.3 is 5.69 Å². The average Bonchev–Trinajstić information content (AvgIpc) is 3.50. The van der Waals surface area contributed by atoms with Gasteiger partial charge in [0, 0.05) is 31.0 Å². The van der Waals surface area contributed by atoms with E-state index in [0.29, 0.717) is 37.0 Å². The summed E-state index contributed by atoms with van der Waals surface area (Å²) in [6.07, 6.45) is 5.60. The van der Waals surface area contributed by atoms with Crippen LogP contribution in [0.3, 0.4) is 0 Å². The first-order chi connectivity index (χ1) is 23.2. The second kappa shape index (κ2) is 12.6. The van der Waals surface area contributed by atoms with Gasteiger partial charge in [0.1, 0.15) is 23.0 Å². The minimum absolute atomic E-state index is 0.00622. The molecule has 4 heterocycles. The molecule has 12 heteroatoms. The van der Waals surface area contributed by atoms with E-state index in [1.807, 2.05) is 50.5 Å². The number of benzene rings is 2. The minimum Gasteiger partial charge on any atom is -0.348 e. The molecule has 1 aliphatic carbocycles. The fourth-order valence-corrected chi connectivity index (χ4v) is 6.64. The second-order valence-corrected chi connectivity index (χ2v) is 12.5. The molecule has 2 aromatic carbocycles. The number of hydrogen-bond donors (Lipinski definition) is 1. The summed E-state index contributed by atoms with van der Waals surface area (Å²) in [5.74, 6) is -1.50. The third-order valence-corrected chi connectivity index (χ3v) is 8.86. The van der Waals surface area contributed by atoms with Crippen molar-refractivity contribution in [2.75, 3.05) is 14.1 Å². The lowest BCUT2D eigenvalue weighted by Crippen LogP contribution is -2.45. The van der Waals surface area contributed by atoms with Crippen molar-refractivity contribution in [2.24, 2.45) is 0 Å². The summed E-state index contributed by atoms with van der Waals surface area (Å²) < 4.78 is 32.1. The van der Waals surface area contributed by atoms with Crippen molar-refractivity contribution >= 4 is 22.6 Å². The van der Waals surface area contributed by atoms with Crippen LogP contribution in [0.25, 0.3) is 33.5 Å². The van der Waals surface area contributed by atoms with E-state index in [9.17, 15) is 23.2 Å². The van der Waals surface area contributed by atoms with Gasteiger partial charge < -0.3 is 14.6 Å². The predicted molar refractivity (Wildman–Crippen MR) is 178 cm³/mol. The van der Waals surface area contributed by atoms with E-state index in [0.717, 1.165) is 35.5 Å². The SMILES string of the molecule is CN(C)Cc1ccccc1-c1cccc(-n2c(=O)n(C3CCC(NC(=O)c4cn5cc(F)ccc5n4)CC3)c(=O)c3cc(F)cnc32)c1. The zero-order valence-electron chi connectivity index (χ0n) is 26.4. The number of pyridine rings is 2. The molecule has 4 aromatic heterocycles. The summed E-state index contributed by atoms with van der Waals surface area (Å²) in [5, 5.41) is 2.99. The molecule has 0 bridgehead atoms. The van der Waals surface area contributed by atoms with Gasteiger partial charge in [-0.3, -0.25) is 14.2 Å². The van der Waals surface area contributed by atoms with Gasteiger partial charge in [-0.25, -0.2) is 28.1 Å². The Morgan fingerprint density at radius 2 is 1.73 bits per heavy atom. The van der Waals surface area contributed by atoms with Gasteiger partial charge in [-0.2, -0.15) is 0 Å². The largest absolute Gasteiger partial charge is 0.348 e. The molecular weight excluding hydrogens is 616 g/mol. The van der Waals surface area contributed by atoms with E-state index in [1.54, 1.807) is 6.07 Å². The van der Waals surface area contributed by atoms with Crippen LogP contribution >= 0.6 is 0 Å². The van der Waals surface area contributed by atoms with Crippen molar-refractivity contribution in [3.05, 3.63) is 129 Å². The van der Waals surface area contributed by atoms with Crippen LogP contribution in [-0.2, 0) is 6.54 Å². The zero-order valence-corrected chi connectivity index (χ0v) is 26.4. The van der Waals surface area contributed by atoms with Crippen LogP contribution < -0.4 is 16.6 Å². The number of fused-ring (bicyclic) bond motifs is 2. The molecule has 0 radical (unpaired) electrons. The standard InChI is InChI=1S/C36H33F2N7O3/c1-42(2)19-23-6-3-4-9-29(23)22-7-5-8-28(16-22)44-33-30(17-25(38)18-39-33)35(47)45(36(44)48)27-13-11-26(12-14-27)40-34(46)31-21-43-20-24(37)10-15-32(43)41-31/h3-10,15-18,20-21,26-27H,11-14,19H2,1-2H3,(H,40,46). The molecular formula is C36H33F2N7O3. The van der Waals surface area contributed by atoms with E-state index in [4.69, 9.17) is 0 Å². The predicted octanol–water partition coefficient (Wildman–Crippen LogP) is 5.12. The highest BCUT2D eigenvalue weighted by atomic mass is 19.1. The van der Waals surface area contributed by atoms with Crippen LogP contribution in [0.1, 0.15) is 47.8 Å². The van der Waals surface area contributed by atoms with Crippen LogP contribution in [0.15, 0.2) is 94.9 Å². The Morgan fingerprint density at radius 1 is 0.938 bits per heavy atom. The van der Waals surface area contributed by atoms with Crippen LogP contribution in [0, 0.1) is 11.6 Å². The lowest BCUT2D eigenvalue weighted by Gasteiger charge is -2.30. The molecule has 1 N–H and O–H groups in total. The maximum atomic E-state index is 14.5. The van der Waals surface area contributed by atoms with Crippen molar-refractivity contribution in [3.63, 3.8) is 0 Å². The average molecular weight is 650 g/mol. The molecule has 1 amide bonds. The Balaban J connectivity index is 1.20. The van der Waals surface area contributed by atoms with Gasteiger partial charge in [-0.05, 0) is 86.8 Å². The summed E-state index contributed by atoms with van der Waals surface area (Å²) in [6, 6.07) is 18.7. The van der Waals surface area contributed by atoms with Gasteiger partial charge in [-0.15, -0.1) is 0 Å². The number of imidazole rings is 1. The van der Waals surface area contributed by atoms with E-state index >= 15 is 0 Å². The number of carbonyl (C=O) groups is 1. The first-order valence-electron chi connectivity index (χ1n) is 15.8. The molecule has 1 saturated carbocycles. The molecule has 0 spiro atoms. The molecule has 48 heavy (non-hydrogen) atoms. The van der Waals surface area contributed by atoms with Gasteiger partial charge in [0.15, 0.2) is 5.65 Å². The topological polar surface area (TPSA) is 107 Å². The van der Waals surface area contributed by atoms with Crippen LogP contribution in [0.2, 0.25) is 0 Å². The Bertz CT molecular complexity index is 2300. The lowest BCUT2D eigenvalue weighted by molar-refractivity contribution is 0.0917. The quantitative estimate of drug-likeness (QED) is 0.258. The number of amides is 1. The molecule has 6 aromatic rings. The normalized spacial score (nSPS) is 16.5. The number of rotatable bonds is 7. The third-order valence-electron chi connectivity index (χ3n) is 8.86. The molecule has 0 aliphatic heterocycles. The van der Waals surface area contributed by atoms with Crippen molar-refractivity contribution in [3.8, 4) is 16.8 Å². The number of hydrogen-bond acceptors (Lipinski definition) is 6.